The van der Waals surface area contributed by atoms with E-state index in [0.717, 1.165) is 10.8 Å². The van der Waals surface area contributed by atoms with Gasteiger partial charge in [-0.2, -0.15) is 0 Å². The predicted molar refractivity (Wildman–Crippen MR) is 112 cm³/mol. The number of carboxylic acid groups (broad SMARTS) is 1. The largest absolute Gasteiger partial charge is 0.481 e. The number of H-pyrrole nitrogens is 2. The highest BCUT2D eigenvalue weighted by Crippen LogP contribution is 2.25. The Morgan fingerprint density at radius 3 is 2.41 bits per heavy atom. The van der Waals surface area contributed by atoms with Crippen molar-refractivity contribution in [3.05, 3.63) is 71.1 Å². The molecule has 0 amide bonds. The topological polar surface area (TPSA) is 132 Å². The molecular weight excluding hydrogens is 394 g/mol. The van der Waals surface area contributed by atoms with E-state index in [1.807, 2.05) is 0 Å². The lowest BCUT2D eigenvalue weighted by Crippen LogP contribution is -2.13. The number of carboxylic acids is 1. The van der Waals surface area contributed by atoms with Crippen molar-refractivity contribution in [1.82, 2.24) is 9.97 Å². The number of aromatic nitrogens is 2. The molecule has 0 aliphatic heterocycles. The Bertz CT molecular complexity index is 1320. The van der Waals surface area contributed by atoms with Crippen LogP contribution < -0.4 is 10.3 Å². The molecule has 29 heavy (non-hydrogen) atoms. The number of benzene rings is 2. The van der Waals surface area contributed by atoms with Crippen molar-refractivity contribution >= 4 is 43.5 Å². The van der Waals surface area contributed by atoms with Crippen LogP contribution >= 0.6 is 0 Å². The summed E-state index contributed by atoms with van der Waals surface area (Å²) >= 11 is 0. The Labute approximate surface area is 166 Å². The molecule has 4 N–H and O–H groups in total. The molecule has 8 nitrogen and oxygen atoms in total. The van der Waals surface area contributed by atoms with Crippen LogP contribution in [0.1, 0.15) is 13.3 Å². The summed E-state index contributed by atoms with van der Waals surface area (Å²) in [4.78, 5) is 27.2. The van der Waals surface area contributed by atoms with Crippen molar-refractivity contribution in [3.63, 3.8) is 0 Å². The molecule has 4 rings (SSSR count). The van der Waals surface area contributed by atoms with Crippen LogP contribution in [0.25, 0.3) is 21.8 Å². The van der Waals surface area contributed by atoms with Gasteiger partial charge >= 0.3 is 5.97 Å². The van der Waals surface area contributed by atoms with Crippen LogP contribution in [0.4, 0.5) is 5.69 Å². The summed E-state index contributed by atoms with van der Waals surface area (Å²) in [7, 11) is -3.66. The number of hydrogen-bond acceptors (Lipinski definition) is 4. The molecule has 0 bridgehead atoms. The number of hydrogen-bond donors (Lipinski definition) is 4. The van der Waals surface area contributed by atoms with Crippen LogP contribution in [0.2, 0.25) is 0 Å². The summed E-state index contributed by atoms with van der Waals surface area (Å²) in [5, 5.41) is 9.23. The summed E-state index contributed by atoms with van der Waals surface area (Å²) in [5.74, 6) is -0.745. The van der Waals surface area contributed by atoms with E-state index in [1.165, 1.54) is 12.1 Å². The van der Waals surface area contributed by atoms with Gasteiger partial charge in [-0.15, -0.1) is 0 Å². The minimum Gasteiger partial charge on any atom is -0.481 e. The van der Waals surface area contributed by atoms with Crippen molar-refractivity contribution in [2.24, 2.45) is 0 Å². The monoisotopic (exact) mass is 413 g/mol. The van der Waals surface area contributed by atoms with Crippen LogP contribution in [-0.2, 0) is 14.8 Å². The first-order chi connectivity index (χ1) is 13.8. The number of nitrogens with one attached hydrogen (secondary N) is 3. The summed E-state index contributed by atoms with van der Waals surface area (Å²) < 4.78 is 27.4. The predicted octanol–water partition coefficient (Wildman–Crippen LogP) is 3.29. The number of carbonyl (C=O) groups is 1. The zero-order valence-corrected chi connectivity index (χ0v) is 16.3. The van der Waals surface area contributed by atoms with E-state index >= 15 is 0 Å². The lowest BCUT2D eigenvalue weighted by molar-refractivity contribution is -0.136. The van der Waals surface area contributed by atoms with Gasteiger partial charge in [0.05, 0.1) is 4.90 Å². The highest BCUT2D eigenvalue weighted by Gasteiger charge is 2.14. The maximum Gasteiger partial charge on any atom is 0.303 e. The van der Waals surface area contributed by atoms with E-state index in [-0.39, 0.29) is 16.9 Å². The number of anilines is 1. The van der Waals surface area contributed by atoms with Crippen LogP contribution in [0, 0.1) is 0 Å². The number of aliphatic carboxylic acids is 1. The van der Waals surface area contributed by atoms with Crippen molar-refractivity contribution in [3.8, 4) is 0 Å². The van der Waals surface area contributed by atoms with Gasteiger partial charge in [0.2, 0.25) is 0 Å². The van der Waals surface area contributed by atoms with Crippen LogP contribution in [0.5, 0.6) is 0 Å². The second kappa shape index (κ2) is 8.19. The van der Waals surface area contributed by atoms with Crippen molar-refractivity contribution < 1.29 is 18.3 Å². The number of sulfonamides is 1. The van der Waals surface area contributed by atoms with E-state index in [1.54, 1.807) is 55.6 Å². The molecule has 0 fully saturated rings. The summed E-state index contributed by atoms with van der Waals surface area (Å²) in [6.45, 7) is 1.60. The maximum absolute atomic E-state index is 12.4. The molecule has 0 unspecified atom stereocenters. The third kappa shape index (κ3) is 4.46. The molecule has 9 heteroatoms. The smallest absolute Gasteiger partial charge is 0.303 e. The molecule has 0 saturated heterocycles. The second-order valence-electron chi connectivity index (χ2n) is 6.15. The average molecular weight is 413 g/mol. The number of rotatable bonds is 4. The van der Waals surface area contributed by atoms with Crippen LogP contribution in [0.15, 0.2) is 70.5 Å². The number of aromatic amines is 2. The first-order valence-electron chi connectivity index (χ1n) is 8.74. The zero-order valence-electron chi connectivity index (χ0n) is 15.5. The highest BCUT2D eigenvalue weighted by atomic mass is 32.2. The molecule has 0 spiro atoms. The third-order valence-electron chi connectivity index (χ3n) is 4.14. The Morgan fingerprint density at radius 1 is 1.07 bits per heavy atom. The van der Waals surface area contributed by atoms with Crippen molar-refractivity contribution in [2.75, 3.05) is 4.72 Å². The van der Waals surface area contributed by atoms with Crippen molar-refractivity contribution in [1.29, 1.82) is 0 Å². The molecule has 2 aromatic heterocycles. The van der Waals surface area contributed by atoms with Crippen LogP contribution in [-0.4, -0.2) is 29.5 Å². The van der Waals surface area contributed by atoms with Gasteiger partial charge in [0, 0.05) is 34.6 Å². The van der Waals surface area contributed by atoms with Gasteiger partial charge in [-0.3, -0.25) is 14.3 Å². The molecular formula is C20H19N3O5S. The molecule has 150 valence electrons. The lowest BCUT2D eigenvalue weighted by Gasteiger charge is -2.09. The quantitative estimate of drug-likeness (QED) is 0.408. The molecule has 0 saturated carbocycles. The van der Waals surface area contributed by atoms with Gasteiger partial charge in [-0.1, -0.05) is 25.1 Å². The molecule has 0 aliphatic carbocycles. The van der Waals surface area contributed by atoms with Gasteiger partial charge in [-0.05, 0) is 36.4 Å². The first-order valence-corrected chi connectivity index (χ1v) is 10.2. The van der Waals surface area contributed by atoms with E-state index in [0.29, 0.717) is 16.7 Å². The standard InChI is InChI=1S/C17H13N3O3S.C3H6O2/c21-17-16-13(8-9-18-16)14-10-11(6-7-15(14)19-17)20-24(22,23)12-4-2-1-3-5-12;1-2-3(4)5/h1-10,18,20H,(H,19,21);2H2,1H3,(H,4,5). The zero-order chi connectivity index (χ0) is 21.0. The molecule has 2 aromatic carbocycles. The summed E-state index contributed by atoms with van der Waals surface area (Å²) in [6, 6.07) is 15.0. The Balaban J connectivity index is 0.000000431. The fourth-order valence-corrected chi connectivity index (χ4v) is 3.79. The molecule has 4 aromatic rings. The molecule has 0 radical (unpaired) electrons. The Kier molecular flexibility index (Phi) is 5.69. The first kappa shape index (κ1) is 20.2. The SMILES string of the molecule is CCC(=O)O.O=c1[nH]c2ccc(NS(=O)(=O)c3ccccc3)cc2c2cc[nH]c12. The number of fused-ring (bicyclic) bond motifs is 3. The van der Waals surface area contributed by atoms with E-state index < -0.39 is 16.0 Å². The Morgan fingerprint density at radius 2 is 1.76 bits per heavy atom. The number of pyridine rings is 1. The average Bonchev–Trinajstić information content (AvgIpc) is 3.20. The molecule has 0 atom stereocenters. The van der Waals surface area contributed by atoms with Crippen molar-refractivity contribution in [2.45, 2.75) is 18.2 Å². The minimum atomic E-state index is -3.66. The van der Waals surface area contributed by atoms with E-state index in [4.69, 9.17) is 5.11 Å². The Hall–Kier alpha value is -3.59. The van der Waals surface area contributed by atoms with Gasteiger partial charge in [0.1, 0.15) is 5.52 Å². The molecule has 2 heterocycles. The fourth-order valence-electron chi connectivity index (χ4n) is 2.72. The second-order valence-corrected chi connectivity index (χ2v) is 7.83. The highest BCUT2D eigenvalue weighted by molar-refractivity contribution is 7.92. The van der Waals surface area contributed by atoms with E-state index in [2.05, 4.69) is 14.7 Å². The normalized spacial score (nSPS) is 11.1. The van der Waals surface area contributed by atoms with Gasteiger partial charge in [0.15, 0.2) is 0 Å². The minimum absolute atomic E-state index is 0.193. The summed E-state index contributed by atoms with van der Waals surface area (Å²) in [6.07, 6.45) is 1.90. The van der Waals surface area contributed by atoms with E-state index in [9.17, 15) is 18.0 Å². The summed E-state index contributed by atoms with van der Waals surface area (Å²) in [5.41, 5.74) is 1.33. The van der Waals surface area contributed by atoms with Gasteiger partial charge in [-0.25, -0.2) is 8.42 Å². The fraction of sp³-hybridized carbons (Fsp3) is 0.100. The van der Waals surface area contributed by atoms with Gasteiger partial charge in [0.25, 0.3) is 15.6 Å². The van der Waals surface area contributed by atoms with Gasteiger partial charge < -0.3 is 15.1 Å². The molecule has 0 aliphatic rings. The third-order valence-corrected chi connectivity index (χ3v) is 5.54. The van der Waals surface area contributed by atoms with Crippen LogP contribution in [0.3, 0.4) is 0 Å². The maximum atomic E-state index is 12.4. The lowest BCUT2D eigenvalue weighted by atomic mass is 10.1.